The SMILES string of the molecule is O=C(O)[C@@H]1CCC[C@H]1C(=O)c1cc(Cl)c(OCC23CC4CC(CC(C4)C2)C3)cc1F.O=C(c1cc(Cl)c(OCC23CC4CC(CC(C4)C2)C3)cc1F)[C@H]1CCC[C@H]1C(=O)O. The largest absolute Gasteiger partial charge is 0.491 e. The number of carboxylic acid groups (broad SMARTS) is 2. The summed E-state index contributed by atoms with van der Waals surface area (Å²) in [6, 6.07) is 5.07. The van der Waals surface area contributed by atoms with Gasteiger partial charge in [-0.25, -0.2) is 8.78 Å². The molecule has 0 spiro atoms. The normalized spacial score (nSPS) is 36.8. The number of benzene rings is 2. The molecular formula is C48H56Cl2F2O8. The smallest absolute Gasteiger partial charge is 0.307 e. The van der Waals surface area contributed by atoms with Gasteiger partial charge in [0.25, 0.3) is 0 Å². The number of carbonyl (C=O) groups is 4. The summed E-state index contributed by atoms with van der Waals surface area (Å²) < 4.78 is 41.8. The van der Waals surface area contributed by atoms with Gasteiger partial charge in [-0.2, -0.15) is 0 Å². The maximum Gasteiger partial charge on any atom is 0.307 e. The third kappa shape index (κ3) is 8.22. The van der Waals surface area contributed by atoms with Crippen LogP contribution in [0.4, 0.5) is 8.78 Å². The lowest BCUT2D eigenvalue weighted by atomic mass is 9.50. The van der Waals surface area contributed by atoms with Gasteiger partial charge >= 0.3 is 11.9 Å². The standard InChI is InChI=1S/2C24H28ClFO4/c2*25-19-7-18(22(27)16-2-1-3-17(16)23(28)29)20(26)8-21(19)30-12-24-9-13-4-14(10-24)6-15(5-13)11-24/h2*7-8,13-17H,1-6,9-12H2,(H,28,29)/t13?,14?,15?,16-,17+,24?;13?,14?,15?,16-,17-,24?/m01/s1. The number of hydrogen-bond acceptors (Lipinski definition) is 6. The fourth-order valence-corrected chi connectivity index (χ4v) is 15.0. The highest BCUT2D eigenvalue weighted by Crippen LogP contribution is 2.61. The summed E-state index contributed by atoms with van der Waals surface area (Å²) in [5, 5.41) is 19.1. The van der Waals surface area contributed by atoms with Crippen molar-refractivity contribution in [1.29, 1.82) is 0 Å². The Morgan fingerprint density at radius 1 is 0.533 bits per heavy atom. The van der Waals surface area contributed by atoms with Crippen molar-refractivity contribution < 1.29 is 47.6 Å². The molecule has 12 rings (SSSR count). The average Bonchev–Trinajstić information content (AvgIpc) is 3.89. The number of ether oxygens (including phenoxy) is 2. The van der Waals surface area contributed by atoms with E-state index in [1.165, 1.54) is 101 Å². The van der Waals surface area contributed by atoms with E-state index in [0.717, 1.165) is 35.5 Å². The topological polar surface area (TPSA) is 127 Å². The van der Waals surface area contributed by atoms with Gasteiger partial charge in [-0.3, -0.25) is 19.2 Å². The van der Waals surface area contributed by atoms with E-state index in [4.69, 9.17) is 32.7 Å². The molecule has 2 aromatic rings. The first kappa shape index (κ1) is 42.1. The third-order valence-electron chi connectivity index (χ3n) is 16.3. The molecule has 324 valence electrons. The lowest BCUT2D eigenvalue weighted by Crippen LogP contribution is -2.48. The third-order valence-corrected chi connectivity index (χ3v) is 16.9. The number of halogens is 4. The van der Waals surface area contributed by atoms with Gasteiger partial charge in [0, 0.05) is 34.8 Å². The van der Waals surface area contributed by atoms with Crippen LogP contribution >= 0.6 is 23.2 Å². The van der Waals surface area contributed by atoms with Gasteiger partial charge in [0.2, 0.25) is 0 Å². The van der Waals surface area contributed by atoms with Crippen LogP contribution in [-0.2, 0) is 9.59 Å². The first-order valence-corrected chi connectivity index (χ1v) is 23.2. The van der Waals surface area contributed by atoms with Crippen molar-refractivity contribution in [2.75, 3.05) is 13.2 Å². The molecule has 10 aliphatic rings. The summed E-state index contributed by atoms with van der Waals surface area (Å²) in [7, 11) is 0. The minimum absolute atomic E-state index is 0.125. The Morgan fingerprint density at radius 2 is 0.833 bits per heavy atom. The predicted molar refractivity (Wildman–Crippen MR) is 221 cm³/mol. The molecule has 0 heterocycles. The molecule has 2 aromatic carbocycles. The van der Waals surface area contributed by atoms with Gasteiger partial charge in [-0.15, -0.1) is 0 Å². The van der Waals surface area contributed by atoms with Crippen molar-refractivity contribution in [1.82, 2.24) is 0 Å². The predicted octanol–water partition coefficient (Wildman–Crippen LogP) is 11.5. The summed E-state index contributed by atoms with van der Waals surface area (Å²) >= 11 is 12.8. The Bertz CT molecular complexity index is 1840. The fourth-order valence-electron chi connectivity index (χ4n) is 14.6. The van der Waals surface area contributed by atoms with Crippen molar-refractivity contribution in [3.8, 4) is 11.5 Å². The zero-order valence-corrected chi connectivity index (χ0v) is 35.6. The van der Waals surface area contributed by atoms with Gasteiger partial charge in [0.1, 0.15) is 23.1 Å². The minimum Gasteiger partial charge on any atom is -0.491 e. The van der Waals surface area contributed by atoms with Gasteiger partial charge < -0.3 is 19.7 Å². The molecule has 12 heteroatoms. The van der Waals surface area contributed by atoms with Crippen LogP contribution in [0.5, 0.6) is 11.5 Å². The van der Waals surface area contributed by atoms with E-state index in [9.17, 15) is 38.2 Å². The highest BCUT2D eigenvalue weighted by molar-refractivity contribution is 6.33. The fraction of sp³-hybridized carbons (Fsp3) is 0.667. The molecule has 0 radical (unpaired) electrons. The minimum atomic E-state index is -0.993. The van der Waals surface area contributed by atoms with E-state index in [2.05, 4.69) is 0 Å². The summed E-state index contributed by atoms with van der Waals surface area (Å²) in [5.74, 6) is -1.75. The Balaban J connectivity index is 0.000000154. The molecule has 60 heavy (non-hydrogen) atoms. The number of aliphatic carboxylic acids is 2. The Hall–Kier alpha value is -3.24. The zero-order chi connectivity index (χ0) is 42.1. The summed E-state index contributed by atoms with van der Waals surface area (Å²) in [6.07, 6.45) is 18.4. The summed E-state index contributed by atoms with van der Waals surface area (Å²) in [6.45, 7) is 1.10. The van der Waals surface area contributed by atoms with Crippen molar-refractivity contribution in [3.63, 3.8) is 0 Å². The van der Waals surface area contributed by atoms with Crippen LogP contribution in [0.3, 0.4) is 0 Å². The van der Waals surface area contributed by atoms with Crippen LogP contribution in [0.15, 0.2) is 24.3 Å². The second-order valence-electron chi connectivity index (χ2n) is 20.6. The number of carboxylic acids is 2. The van der Waals surface area contributed by atoms with Crippen LogP contribution in [-0.4, -0.2) is 46.9 Å². The van der Waals surface area contributed by atoms with Crippen molar-refractivity contribution in [2.45, 2.75) is 116 Å². The Morgan fingerprint density at radius 3 is 1.13 bits per heavy atom. The number of rotatable bonds is 12. The van der Waals surface area contributed by atoms with E-state index in [0.29, 0.717) is 51.7 Å². The van der Waals surface area contributed by atoms with Crippen LogP contribution in [0.25, 0.3) is 0 Å². The zero-order valence-electron chi connectivity index (χ0n) is 34.1. The van der Waals surface area contributed by atoms with Crippen LogP contribution < -0.4 is 9.47 Å². The number of Topliss-reactive ketones (excluding diaryl/α,β-unsaturated/α-hetero) is 2. The van der Waals surface area contributed by atoms with Crippen LogP contribution in [0.1, 0.15) is 136 Å². The van der Waals surface area contributed by atoms with Crippen molar-refractivity contribution >= 4 is 46.7 Å². The molecule has 0 amide bonds. The quantitative estimate of drug-likeness (QED) is 0.202. The van der Waals surface area contributed by atoms with E-state index in [1.807, 2.05) is 0 Å². The first-order chi connectivity index (χ1) is 28.7. The highest BCUT2D eigenvalue weighted by atomic mass is 35.5. The molecule has 8 nitrogen and oxygen atoms in total. The second kappa shape index (κ2) is 16.5. The lowest BCUT2D eigenvalue weighted by Gasteiger charge is -2.56. The summed E-state index contributed by atoms with van der Waals surface area (Å²) in [5.41, 5.74) is 0.115. The lowest BCUT2D eigenvalue weighted by molar-refractivity contribution is -0.143. The van der Waals surface area contributed by atoms with E-state index in [-0.39, 0.29) is 43.5 Å². The van der Waals surface area contributed by atoms with Crippen LogP contribution in [0.2, 0.25) is 10.0 Å². The van der Waals surface area contributed by atoms with Crippen LogP contribution in [0, 0.1) is 81.6 Å². The van der Waals surface area contributed by atoms with Gasteiger partial charge in [-0.1, -0.05) is 36.0 Å². The summed E-state index contributed by atoms with van der Waals surface area (Å²) in [4.78, 5) is 48.5. The van der Waals surface area contributed by atoms with Gasteiger partial charge in [0.05, 0.1) is 46.2 Å². The van der Waals surface area contributed by atoms with Crippen molar-refractivity contribution in [2.24, 2.45) is 70.0 Å². The average molecular weight is 870 g/mol. The number of ketones is 2. The highest BCUT2D eigenvalue weighted by Gasteiger charge is 2.53. The van der Waals surface area contributed by atoms with Gasteiger partial charge in [-0.05, 0) is 150 Å². The molecule has 8 bridgehead atoms. The molecule has 2 N–H and O–H groups in total. The molecule has 0 unspecified atom stereocenters. The number of carbonyl (C=O) groups excluding carboxylic acids is 2. The van der Waals surface area contributed by atoms with E-state index in [1.54, 1.807) is 0 Å². The maximum atomic E-state index is 14.8. The first-order valence-electron chi connectivity index (χ1n) is 22.4. The Kier molecular flexibility index (Phi) is 11.6. The second-order valence-corrected chi connectivity index (χ2v) is 21.4. The van der Waals surface area contributed by atoms with E-state index < -0.39 is 58.8 Å². The van der Waals surface area contributed by atoms with E-state index >= 15 is 0 Å². The number of hydrogen-bond donors (Lipinski definition) is 2. The molecule has 10 saturated carbocycles. The molecule has 10 fully saturated rings. The molecule has 10 aliphatic carbocycles. The monoisotopic (exact) mass is 868 g/mol. The molecule has 0 aromatic heterocycles. The molecule has 0 saturated heterocycles. The van der Waals surface area contributed by atoms with Crippen molar-refractivity contribution in [3.05, 3.63) is 57.1 Å². The Labute approximate surface area is 360 Å². The molecule has 4 atom stereocenters. The molecule has 0 aliphatic heterocycles. The van der Waals surface area contributed by atoms with Gasteiger partial charge in [0.15, 0.2) is 11.6 Å². The molecular weight excluding hydrogens is 813 g/mol. The maximum absolute atomic E-state index is 14.8.